The largest absolute Gasteiger partial charge is 0.341 e. The molecule has 27 heavy (non-hydrogen) atoms. The molecule has 0 radical (unpaired) electrons. The van der Waals surface area contributed by atoms with Gasteiger partial charge in [0.05, 0.1) is 22.4 Å². The predicted octanol–water partition coefficient (Wildman–Crippen LogP) is 3.02. The monoisotopic (exact) mass is 401 g/mol. The molecule has 2 amide bonds. The van der Waals surface area contributed by atoms with Crippen molar-refractivity contribution in [3.05, 3.63) is 35.6 Å². The van der Waals surface area contributed by atoms with Crippen LogP contribution in [0.1, 0.15) is 0 Å². The summed E-state index contributed by atoms with van der Waals surface area (Å²) in [4.78, 5) is 19.6. The number of amides is 2. The Labute approximate surface area is 161 Å². The number of carbonyl (C=O) groups excluding carboxylic acids is 1. The number of urea groups is 1. The van der Waals surface area contributed by atoms with Gasteiger partial charge in [0.1, 0.15) is 5.69 Å². The number of anilines is 3. The van der Waals surface area contributed by atoms with Gasteiger partial charge in [0, 0.05) is 18.6 Å². The van der Waals surface area contributed by atoms with E-state index in [1.54, 1.807) is 12.3 Å². The van der Waals surface area contributed by atoms with Crippen LogP contribution in [0.5, 0.6) is 0 Å². The van der Waals surface area contributed by atoms with Crippen LogP contribution in [-0.2, 0) is 0 Å². The summed E-state index contributed by atoms with van der Waals surface area (Å²) in [5.41, 5.74) is 2.08. The molecule has 3 aromatic heterocycles. The van der Waals surface area contributed by atoms with Crippen molar-refractivity contribution in [3.8, 4) is 10.7 Å². The van der Waals surface area contributed by atoms with Crippen molar-refractivity contribution in [2.45, 2.75) is 0 Å². The molecule has 4 N–H and O–H groups in total. The summed E-state index contributed by atoms with van der Waals surface area (Å²) in [7, 11) is 1.51. The van der Waals surface area contributed by atoms with Gasteiger partial charge in [-0.25, -0.2) is 14.8 Å². The second-order valence-corrected chi connectivity index (χ2v) is 6.62. The number of hydrogen-bond donors (Lipinski definition) is 4. The van der Waals surface area contributed by atoms with Gasteiger partial charge in [-0.1, -0.05) is 22.9 Å². The summed E-state index contributed by atoms with van der Waals surface area (Å²) >= 11 is 7.70. The minimum Gasteiger partial charge on any atom is -0.341 e. The maximum atomic E-state index is 11.4. The Morgan fingerprint density at radius 2 is 2.15 bits per heavy atom. The van der Waals surface area contributed by atoms with E-state index in [0.29, 0.717) is 26.5 Å². The Hall–Kier alpha value is -3.31. The maximum absolute atomic E-state index is 11.4. The molecule has 0 spiro atoms. The van der Waals surface area contributed by atoms with E-state index in [9.17, 15) is 4.79 Å². The minimum atomic E-state index is -0.406. The molecular weight excluding hydrogens is 390 g/mol. The first-order chi connectivity index (χ1) is 13.1. The summed E-state index contributed by atoms with van der Waals surface area (Å²) in [5, 5.41) is 25.7. The average Bonchev–Trinajstić information content (AvgIpc) is 3.34. The van der Waals surface area contributed by atoms with Gasteiger partial charge in [0.2, 0.25) is 11.1 Å². The predicted molar refractivity (Wildman–Crippen MR) is 103 cm³/mol. The van der Waals surface area contributed by atoms with Crippen molar-refractivity contribution in [1.29, 1.82) is 0 Å². The molecule has 0 bridgehead atoms. The fourth-order valence-electron chi connectivity index (χ4n) is 2.27. The number of aromatic amines is 1. The Bertz CT molecular complexity index is 1130. The molecular formula is C15H12ClN9OS. The summed E-state index contributed by atoms with van der Waals surface area (Å²) in [6.45, 7) is 0. The topological polar surface area (TPSA) is 133 Å². The molecule has 0 aliphatic heterocycles. The first-order valence-corrected chi connectivity index (χ1v) is 8.88. The minimum absolute atomic E-state index is 0.171. The molecule has 1 aromatic carbocycles. The van der Waals surface area contributed by atoms with Gasteiger partial charge in [-0.2, -0.15) is 5.10 Å². The van der Waals surface area contributed by atoms with Crippen LogP contribution >= 0.6 is 22.9 Å². The summed E-state index contributed by atoms with van der Waals surface area (Å²) in [5.74, 6) is 0.171. The zero-order chi connectivity index (χ0) is 18.8. The second kappa shape index (κ2) is 7.13. The van der Waals surface area contributed by atoms with Crippen LogP contribution in [0, 0.1) is 0 Å². The van der Waals surface area contributed by atoms with Crippen molar-refractivity contribution in [2.24, 2.45) is 0 Å². The summed E-state index contributed by atoms with van der Waals surface area (Å²) < 4.78 is 0. The molecule has 136 valence electrons. The fourth-order valence-corrected chi connectivity index (χ4v) is 3.26. The van der Waals surface area contributed by atoms with E-state index in [0.717, 1.165) is 10.9 Å². The van der Waals surface area contributed by atoms with E-state index >= 15 is 0 Å². The standard InChI is InChI=1S/C15H12ClN9OS/c1-17-14(26)22-13-18-5-4-10(20-13)12-24-25-15(27-12)21-9-3-2-8-7(11(9)16)6-19-23-8/h2-6H,1H3,(H,19,23)(H,21,25)(H2,17,18,20,22,26). The first-order valence-electron chi connectivity index (χ1n) is 7.68. The quantitative estimate of drug-likeness (QED) is 0.413. The number of halogens is 1. The molecule has 0 atom stereocenters. The lowest BCUT2D eigenvalue weighted by Crippen LogP contribution is -2.25. The van der Waals surface area contributed by atoms with Gasteiger partial charge in [0.25, 0.3) is 0 Å². The third-order valence-electron chi connectivity index (χ3n) is 3.55. The molecule has 3 heterocycles. The van der Waals surface area contributed by atoms with Gasteiger partial charge in [-0.15, -0.1) is 10.2 Å². The third kappa shape index (κ3) is 3.50. The van der Waals surface area contributed by atoms with E-state index in [4.69, 9.17) is 11.6 Å². The number of carbonyl (C=O) groups is 1. The number of nitrogens with one attached hydrogen (secondary N) is 4. The Balaban J connectivity index is 1.57. The Kier molecular flexibility index (Phi) is 4.52. The highest BCUT2D eigenvalue weighted by molar-refractivity contribution is 7.18. The number of hydrogen-bond acceptors (Lipinski definition) is 8. The average molecular weight is 402 g/mol. The number of H-pyrrole nitrogens is 1. The van der Waals surface area contributed by atoms with Gasteiger partial charge in [0.15, 0.2) is 5.01 Å². The number of rotatable bonds is 4. The molecule has 0 saturated heterocycles. The van der Waals surface area contributed by atoms with Gasteiger partial charge in [-0.3, -0.25) is 10.4 Å². The number of benzene rings is 1. The number of nitrogens with zero attached hydrogens (tertiary/aromatic N) is 5. The number of aromatic nitrogens is 6. The van der Waals surface area contributed by atoms with Crippen LogP contribution in [0.15, 0.2) is 30.6 Å². The van der Waals surface area contributed by atoms with E-state index in [1.165, 1.54) is 24.6 Å². The van der Waals surface area contributed by atoms with Crippen molar-refractivity contribution in [2.75, 3.05) is 17.7 Å². The second-order valence-electron chi connectivity index (χ2n) is 5.27. The zero-order valence-corrected chi connectivity index (χ0v) is 15.4. The van der Waals surface area contributed by atoms with Crippen LogP contribution in [0.3, 0.4) is 0 Å². The van der Waals surface area contributed by atoms with Crippen molar-refractivity contribution in [3.63, 3.8) is 0 Å². The van der Waals surface area contributed by atoms with Crippen LogP contribution < -0.4 is 16.0 Å². The fraction of sp³-hybridized carbons (Fsp3) is 0.0667. The number of fused-ring (bicyclic) bond motifs is 1. The molecule has 4 rings (SSSR count). The summed E-state index contributed by atoms with van der Waals surface area (Å²) in [6, 6.07) is 4.99. The van der Waals surface area contributed by atoms with E-state index in [2.05, 4.69) is 46.3 Å². The van der Waals surface area contributed by atoms with E-state index in [-0.39, 0.29) is 5.95 Å². The molecule has 10 nitrogen and oxygen atoms in total. The molecule has 0 fully saturated rings. The van der Waals surface area contributed by atoms with Gasteiger partial charge in [-0.05, 0) is 18.2 Å². The first kappa shape index (κ1) is 17.1. The third-order valence-corrected chi connectivity index (χ3v) is 4.82. The van der Waals surface area contributed by atoms with Crippen LogP contribution in [-0.4, -0.2) is 43.4 Å². The smallest absolute Gasteiger partial charge is 0.321 e. The van der Waals surface area contributed by atoms with E-state index < -0.39 is 6.03 Å². The van der Waals surface area contributed by atoms with Crippen molar-refractivity contribution in [1.82, 2.24) is 35.7 Å². The van der Waals surface area contributed by atoms with Crippen LogP contribution in [0.25, 0.3) is 21.6 Å². The Morgan fingerprint density at radius 3 is 3.00 bits per heavy atom. The molecule has 0 saturated carbocycles. The highest BCUT2D eigenvalue weighted by atomic mass is 35.5. The molecule has 0 aliphatic carbocycles. The van der Waals surface area contributed by atoms with Crippen molar-refractivity contribution >= 4 is 56.6 Å². The van der Waals surface area contributed by atoms with Crippen LogP contribution in [0.4, 0.5) is 21.6 Å². The van der Waals surface area contributed by atoms with E-state index in [1.807, 2.05) is 12.1 Å². The van der Waals surface area contributed by atoms with Gasteiger partial charge >= 0.3 is 6.03 Å². The lowest BCUT2D eigenvalue weighted by atomic mass is 10.2. The highest BCUT2D eigenvalue weighted by Crippen LogP contribution is 2.34. The van der Waals surface area contributed by atoms with Gasteiger partial charge < -0.3 is 10.6 Å². The molecule has 12 heteroatoms. The summed E-state index contributed by atoms with van der Waals surface area (Å²) in [6.07, 6.45) is 3.20. The molecule has 0 aliphatic rings. The maximum Gasteiger partial charge on any atom is 0.321 e. The lowest BCUT2D eigenvalue weighted by molar-refractivity contribution is 0.254. The zero-order valence-electron chi connectivity index (χ0n) is 13.8. The van der Waals surface area contributed by atoms with Crippen molar-refractivity contribution < 1.29 is 4.79 Å². The van der Waals surface area contributed by atoms with Crippen LogP contribution in [0.2, 0.25) is 5.02 Å². The highest BCUT2D eigenvalue weighted by Gasteiger charge is 2.13. The molecule has 0 unspecified atom stereocenters. The lowest BCUT2D eigenvalue weighted by Gasteiger charge is -2.05. The molecule has 4 aromatic rings. The SMILES string of the molecule is CNC(=O)Nc1nccc(-c2nnc(Nc3ccc4[nH]ncc4c3Cl)s2)n1. The normalized spacial score (nSPS) is 10.7. The Morgan fingerprint density at radius 1 is 1.26 bits per heavy atom.